The molecule has 0 aliphatic carbocycles. The molecule has 0 unspecified atom stereocenters. The quantitative estimate of drug-likeness (QED) is 0.826. The van der Waals surface area contributed by atoms with Crippen LogP contribution in [0.25, 0.3) is 0 Å². The summed E-state index contributed by atoms with van der Waals surface area (Å²) < 4.78 is 33.4. The molecule has 0 spiro atoms. The van der Waals surface area contributed by atoms with Crippen LogP contribution in [0.5, 0.6) is 0 Å². The van der Waals surface area contributed by atoms with E-state index < -0.39 is 15.3 Å². The summed E-state index contributed by atoms with van der Waals surface area (Å²) in [6.45, 7) is 2.91. The number of benzene rings is 1. The van der Waals surface area contributed by atoms with E-state index in [0.717, 1.165) is 22.1 Å². The molecular formula is C13H16BrNO3S. The molecule has 1 fully saturated rings. The standard InChI is InChI=1S/C13H16BrNO3S/c1-9-13(5-7-18-9)19(16,17)15-6-4-10-8-11(14)2-3-12(10)15/h2-3,8-9,13H,4-7H2,1H3/t9-,13+/m1/s1. The lowest BCUT2D eigenvalue weighted by atomic mass is 10.2. The number of hydrogen-bond donors (Lipinski definition) is 0. The molecule has 0 aromatic heterocycles. The van der Waals surface area contributed by atoms with E-state index in [1.165, 1.54) is 0 Å². The number of fused-ring (bicyclic) bond motifs is 1. The number of ether oxygens (including phenoxy) is 1. The maximum absolute atomic E-state index is 12.7. The Labute approximate surface area is 121 Å². The summed E-state index contributed by atoms with van der Waals surface area (Å²) in [5, 5.41) is -0.415. The number of sulfonamides is 1. The number of nitrogens with zero attached hydrogens (tertiary/aromatic N) is 1. The molecular weight excluding hydrogens is 330 g/mol. The number of hydrogen-bond acceptors (Lipinski definition) is 3. The van der Waals surface area contributed by atoms with E-state index in [4.69, 9.17) is 4.74 Å². The highest BCUT2D eigenvalue weighted by Gasteiger charge is 2.41. The van der Waals surface area contributed by atoms with Crippen molar-refractivity contribution in [1.29, 1.82) is 0 Å². The molecule has 3 rings (SSSR count). The van der Waals surface area contributed by atoms with Gasteiger partial charge in [-0.05, 0) is 43.5 Å². The van der Waals surface area contributed by atoms with Crippen molar-refractivity contribution in [2.45, 2.75) is 31.1 Å². The molecule has 19 heavy (non-hydrogen) atoms. The highest BCUT2D eigenvalue weighted by atomic mass is 79.9. The van der Waals surface area contributed by atoms with Crippen molar-refractivity contribution in [1.82, 2.24) is 0 Å². The van der Waals surface area contributed by atoms with E-state index in [2.05, 4.69) is 15.9 Å². The summed E-state index contributed by atoms with van der Waals surface area (Å²) >= 11 is 3.42. The molecule has 0 radical (unpaired) electrons. The van der Waals surface area contributed by atoms with Gasteiger partial charge in [0.25, 0.3) is 0 Å². The Morgan fingerprint density at radius 1 is 1.42 bits per heavy atom. The van der Waals surface area contributed by atoms with Crippen LogP contribution >= 0.6 is 15.9 Å². The first-order valence-corrected chi connectivity index (χ1v) is 8.71. The van der Waals surface area contributed by atoms with Crippen molar-refractivity contribution in [2.75, 3.05) is 17.5 Å². The Hall–Kier alpha value is -0.590. The van der Waals surface area contributed by atoms with Gasteiger partial charge in [0.2, 0.25) is 10.0 Å². The van der Waals surface area contributed by atoms with Crippen molar-refractivity contribution in [3.05, 3.63) is 28.2 Å². The first-order valence-electron chi connectivity index (χ1n) is 6.42. The zero-order chi connectivity index (χ0) is 13.6. The molecule has 104 valence electrons. The van der Waals surface area contributed by atoms with Gasteiger partial charge in [-0.2, -0.15) is 0 Å². The zero-order valence-corrected chi connectivity index (χ0v) is 13.1. The van der Waals surface area contributed by atoms with Crippen LogP contribution in [0.3, 0.4) is 0 Å². The molecule has 0 saturated carbocycles. The van der Waals surface area contributed by atoms with E-state index in [0.29, 0.717) is 19.6 Å². The highest BCUT2D eigenvalue weighted by Crippen LogP contribution is 2.35. The highest BCUT2D eigenvalue weighted by molar-refractivity contribution is 9.10. The first kappa shape index (κ1) is 13.4. The van der Waals surface area contributed by atoms with Crippen LogP contribution in [0.1, 0.15) is 18.9 Å². The van der Waals surface area contributed by atoms with Gasteiger partial charge in [0.05, 0.1) is 11.8 Å². The van der Waals surface area contributed by atoms with Crippen molar-refractivity contribution < 1.29 is 13.2 Å². The van der Waals surface area contributed by atoms with Crippen LogP contribution in [-0.4, -0.2) is 32.9 Å². The summed E-state index contributed by atoms with van der Waals surface area (Å²) in [6, 6.07) is 5.77. The lowest BCUT2D eigenvalue weighted by Gasteiger charge is -2.25. The van der Waals surface area contributed by atoms with Crippen LogP contribution < -0.4 is 4.31 Å². The minimum absolute atomic E-state index is 0.218. The van der Waals surface area contributed by atoms with Gasteiger partial charge in [-0.25, -0.2) is 8.42 Å². The van der Waals surface area contributed by atoms with Crippen molar-refractivity contribution in [3.63, 3.8) is 0 Å². The minimum atomic E-state index is -3.32. The Morgan fingerprint density at radius 2 is 2.21 bits per heavy atom. The lowest BCUT2D eigenvalue weighted by Crippen LogP contribution is -2.40. The molecule has 0 bridgehead atoms. The van der Waals surface area contributed by atoms with Gasteiger partial charge >= 0.3 is 0 Å². The molecule has 4 nitrogen and oxygen atoms in total. The maximum atomic E-state index is 12.7. The maximum Gasteiger partial charge on any atom is 0.240 e. The average molecular weight is 346 g/mol. The lowest BCUT2D eigenvalue weighted by molar-refractivity contribution is 0.126. The third-order valence-corrected chi connectivity index (χ3v) is 6.76. The topological polar surface area (TPSA) is 46.6 Å². The Balaban J connectivity index is 1.97. The van der Waals surface area contributed by atoms with Gasteiger partial charge in [0.1, 0.15) is 5.25 Å². The first-order chi connectivity index (χ1) is 9.00. The van der Waals surface area contributed by atoms with Gasteiger partial charge in [-0.15, -0.1) is 0 Å². The predicted molar refractivity (Wildman–Crippen MR) is 77.9 cm³/mol. The summed E-state index contributed by atoms with van der Waals surface area (Å²) in [6.07, 6.45) is 1.14. The van der Waals surface area contributed by atoms with Crippen molar-refractivity contribution >= 4 is 31.6 Å². The smallest absolute Gasteiger partial charge is 0.240 e. The fourth-order valence-corrected chi connectivity index (χ4v) is 5.36. The molecule has 2 heterocycles. The second-order valence-corrected chi connectivity index (χ2v) is 8.04. The largest absolute Gasteiger partial charge is 0.377 e. The second kappa shape index (κ2) is 4.75. The van der Waals surface area contributed by atoms with Crippen LogP contribution in [0.15, 0.2) is 22.7 Å². The zero-order valence-electron chi connectivity index (χ0n) is 10.7. The van der Waals surface area contributed by atoms with Crippen LogP contribution in [0, 0.1) is 0 Å². The Kier molecular flexibility index (Phi) is 3.35. The van der Waals surface area contributed by atoms with E-state index in [1.807, 2.05) is 25.1 Å². The van der Waals surface area contributed by atoms with Gasteiger partial charge in [0, 0.05) is 17.6 Å². The van der Waals surface area contributed by atoms with Gasteiger partial charge in [0.15, 0.2) is 0 Å². The monoisotopic (exact) mass is 345 g/mol. The number of anilines is 1. The third-order valence-electron chi connectivity index (χ3n) is 3.89. The van der Waals surface area contributed by atoms with E-state index in [9.17, 15) is 8.42 Å². The van der Waals surface area contributed by atoms with Crippen molar-refractivity contribution in [3.8, 4) is 0 Å². The molecule has 6 heteroatoms. The van der Waals surface area contributed by atoms with Crippen LogP contribution in [-0.2, 0) is 21.2 Å². The van der Waals surface area contributed by atoms with Gasteiger partial charge < -0.3 is 4.74 Å². The SMILES string of the molecule is C[C@H]1OCC[C@@H]1S(=O)(=O)N1CCc2cc(Br)ccc21. The predicted octanol–water partition coefficient (Wildman–Crippen LogP) is 2.32. The van der Waals surface area contributed by atoms with Gasteiger partial charge in [-0.1, -0.05) is 15.9 Å². The summed E-state index contributed by atoms with van der Waals surface area (Å²) in [7, 11) is -3.32. The third kappa shape index (κ3) is 2.19. The van der Waals surface area contributed by atoms with Crippen LogP contribution in [0.2, 0.25) is 0 Å². The molecule has 0 amide bonds. The second-order valence-electron chi connectivity index (χ2n) is 5.04. The fourth-order valence-electron chi connectivity index (χ4n) is 2.87. The number of rotatable bonds is 2. The average Bonchev–Trinajstić information content (AvgIpc) is 2.94. The fraction of sp³-hybridized carbons (Fsp3) is 0.538. The summed E-state index contributed by atoms with van der Waals surface area (Å²) in [4.78, 5) is 0. The van der Waals surface area contributed by atoms with Gasteiger partial charge in [-0.3, -0.25) is 4.31 Å². The van der Waals surface area contributed by atoms with E-state index in [1.54, 1.807) is 4.31 Å². The molecule has 1 aromatic rings. The summed E-state index contributed by atoms with van der Waals surface area (Å²) in [5.41, 5.74) is 1.91. The number of halogens is 1. The molecule has 0 N–H and O–H groups in total. The molecule has 1 saturated heterocycles. The summed E-state index contributed by atoms with van der Waals surface area (Å²) in [5.74, 6) is 0. The molecule has 2 aliphatic heterocycles. The van der Waals surface area contributed by atoms with E-state index >= 15 is 0 Å². The normalized spacial score (nSPS) is 26.7. The molecule has 2 atom stereocenters. The van der Waals surface area contributed by atoms with Crippen LogP contribution in [0.4, 0.5) is 5.69 Å². The minimum Gasteiger partial charge on any atom is -0.377 e. The molecule has 1 aromatic carbocycles. The Morgan fingerprint density at radius 3 is 2.89 bits per heavy atom. The molecule has 2 aliphatic rings. The van der Waals surface area contributed by atoms with E-state index in [-0.39, 0.29) is 6.10 Å². The Bertz CT molecular complexity index is 602. The van der Waals surface area contributed by atoms with Crippen molar-refractivity contribution in [2.24, 2.45) is 0 Å².